The number of hydrogen-bond donors (Lipinski definition) is 1. The van der Waals surface area contributed by atoms with Crippen LogP contribution in [0.1, 0.15) is 31.2 Å². The summed E-state index contributed by atoms with van der Waals surface area (Å²) in [5.74, 6) is 1.08. The van der Waals surface area contributed by atoms with Gasteiger partial charge < -0.3 is 10.0 Å². The molecule has 0 aromatic carbocycles. The van der Waals surface area contributed by atoms with Gasteiger partial charge in [-0.3, -0.25) is 4.68 Å². The fraction of sp³-hybridized carbons (Fsp3) is 0.588. The number of rotatable bonds is 4. The summed E-state index contributed by atoms with van der Waals surface area (Å²) < 4.78 is 2.01. The van der Waals surface area contributed by atoms with Crippen molar-refractivity contribution >= 4 is 5.95 Å². The molecule has 1 saturated heterocycles. The molecule has 1 aliphatic rings. The lowest BCUT2D eigenvalue weighted by Crippen LogP contribution is -2.37. The number of nitrogens with zero attached hydrogens (tertiary/aromatic N) is 5. The van der Waals surface area contributed by atoms with Crippen LogP contribution in [-0.4, -0.2) is 44.6 Å². The zero-order valence-corrected chi connectivity index (χ0v) is 14.2. The Morgan fingerprint density at radius 3 is 2.87 bits per heavy atom. The van der Waals surface area contributed by atoms with Gasteiger partial charge in [0.15, 0.2) is 0 Å². The molecule has 0 amide bonds. The summed E-state index contributed by atoms with van der Waals surface area (Å²) in [6, 6.07) is 1.95. The van der Waals surface area contributed by atoms with Crippen LogP contribution in [0.4, 0.5) is 5.95 Å². The summed E-state index contributed by atoms with van der Waals surface area (Å²) in [5, 5.41) is 14.0. The van der Waals surface area contributed by atoms with Gasteiger partial charge in [-0.05, 0) is 45.6 Å². The highest BCUT2D eigenvalue weighted by atomic mass is 16.3. The molecule has 2 aromatic heterocycles. The molecule has 0 radical (unpaired) electrons. The quantitative estimate of drug-likeness (QED) is 0.937. The third-order valence-corrected chi connectivity index (χ3v) is 4.64. The van der Waals surface area contributed by atoms with Crippen molar-refractivity contribution in [2.75, 3.05) is 24.6 Å². The van der Waals surface area contributed by atoms with Crippen molar-refractivity contribution in [1.82, 2.24) is 19.7 Å². The van der Waals surface area contributed by atoms with Crippen LogP contribution < -0.4 is 4.90 Å². The standard InChI is InChI=1S/C17H25N5O/c1-4-22-13(3)16(12(2)20-22)15-7-8-18-17(19-15)21-9-5-6-14(10-21)11-23/h7-8,14,23H,4-6,9-11H2,1-3H3. The molecule has 6 heteroatoms. The molecule has 0 saturated carbocycles. The van der Waals surface area contributed by atoms with Gasteiger partial charge in [-0.2, -0.15) is 5.10 Å². The average Bonchev–Trinajstić information content (AvgIpc) is 2.88. The number of anilines is 1. The molecule has 1 fully saturated rings. The van der Waals surface area contributed by atoms with Crippen molar-refractivity contribution in [2.24, 2.45) is 5.92 Å². The highest BCUT2D eigenvalue weighted by molar-refractivity contribution is 5.65. The topological polar surface area (TPSA) is 67.1 Å². The lowest BCUT2D eigenvalue weighted by molar-refractivity contribution is 0.208. The van der Waals surface area contributed by atoms with Crippen LogP contribution in [0.15, 0.2) is 12.3 Å². The van der Waals surface area contributed by atoms with E-state index in [1.165, 1.54) is 0 Å². The van der Waals surface area contributed by atoms with E-state index >= 15 is 0 Å². The van der Waals surface area contributed by atoms with Crippen molar-refractivity contribution in [3.8, 4) is 11.3 Å². The van der Waals surface area contributed by atoms with Gasteiger partial charge in [0, 0.05) is 43.7 Å². The van der Waals surface area contributed by atoms with Crippen LogP contribution in [0.25, 0.3) is 11.3 Å². The van der Waals surface area contributed by atoms with E-state index in [9.17, 15) is 5.11 Å². The molecule has 0 bridgehead atoms. The fourth-order valence-electron chi connectivity index (χ4n) is 3.41. The summed E-state index contributed by atoms with van der Waals surface area (Å²) >= 11 is 0. The third kappa shape index (κ3) is 3.08. The van der Waals surface area contributed by atoms with Crippen LogP contribution in [0, 0.1) is 19.8 Å². The summed E-state index contributed by atoms with van der Waals surface area (Å²) in [5.41, 5.74) is 4.17. The maximum Gasteiger partial charge on any atom is 0.225 e. The van der Waals surface area contributed by atoms with Crippen molar-refractivity contribution < 1.29 is 5.11 Å². The SMILES string of the molecule is CCn1nc(C)c(-c2ccnc(N3CCCC(CO)C3)n2)c1C. The summed E-state index contributed by atoms with van der Waals surface area (Å²) in [6.45, 7) is 9.07. The van der Waals surface area contributed by atoms with Gasteiger partial charge in [0.1, 0.15) is 0 Å². The second-order valence-electron chi connectivity index (χ2n) is 6.24. The zero-order chi connectivity index (χ0) is 16.4. The molecule has 1 unspecified atom stereocenters. The zero-order valence-electron chi connectivity index (χ0n) is 14.2. The summed E-state index contributed by atoms with van der Waals surface area (Å²) in [4.78, 5) is 11.4. The Hall–Kier alpha value is -1.95. The van der Waals surface area contributed by atoms with Gasteiger partial charge in [-0.25, -0.2) is 9.97 Å². The molecular weight excluding hydrogens is 290 g/mol. The van der Waals surface area contributed by atoms with Gasteiger partial charge in [-0.15, -0.1) is 0 Å². The number of aromatic nitrogens is 4. The lowest BCUT2D eigenvalue weighted by Gasteiger charge is -2.31. The molecule has 1 aliphatic heterocycles. The Bertz CT molecular complexity index is 682. The van der Waals surface area contributed by atoms with E-state index in [-0.39, 0.29) is 6.61 Å². The summed E-state index contributed by atoms with van der Waals surface area (Å²) in [6.07, 6.45) is 3.97. The van der Waals surface area contributed by atoms with Crippen molar-refractivity contribution in [3.05, 3.63) is 23.7 Å². The maximum absolute atomic E-state index is 9.41. The Kier molecular flexibility index (Phi) is 4.61. The maximum atomic E-state index is 9.41. The molecule has 2 aromatic rings. The first-order valence-corrected chi connectivity index (χ1v) is 8.37. The number of hydrogen-bond acceptors (Lipinski definition) is 5. The molecule has 124 valence electrons. The minimum absolute atomic E-state index is 0.234. The van der Waals surface area contributed by atoms with Gasteiger partial charge >= 0.3 is 0 Å². The number of aryl methyl sites for hydroxylation is 2. The molecule has 3 heterocycles. The first kappa shape index (κ1) is 15.9. The Labute approximate surface area is 137 Å². The van der Waals surface area contributed by atoms with E-state index in [1.54, 1.807) is 0 Å². The average molecular weight is 315 g/mol. The predicted molar refractivity (Wildman–Crippen MR) is 90.4 cm³/mol. The second-order valence-corrected chi connectivity index (χ2v) is 6.24. The van der Waals surface area contributed by atoms with Crippen LogP contribution in [0.2, 0.25) is 0 Å². The van der Waals surface area contributed by atoms with Gasteiger partial charge in [-0.1, -0.05) is 0 Å². The molecule has 23 heavy (non-hydrogen) atoms. The highest BCUT2D eigenvalue weighted by Gasteiger charge is 2.22. The summed E-state index contributed by atoms with van der Waals surface area (Å²) in [7, 11) is 0. The van der Waals surface area contributed by atoms with E-state index in [2.05, 4.69) is 28.8 Å². The number of piperidine rings is 1. The molecule has 1 N–H and O–H groups in total. The molecule has 0 spiro atoms. The van der Waals surface area contributed by atoms with Crippen LogP contribution in [0.5, 0.6) is 0 Å². The second kappa shape index (κ2) is 6.66. The van der Waals surface area contributed by atoms with E-state index in [1.807, 2.05) is 23.9 Å². The first-order chi connectivity index (χ1) is 11.1. The van der Waals surface area contributed by atoms with Crippen LogP contribution >= 0.6 is 0 Å². The smallest absolute Gasteiger partial charge is 0.225 e. The first-order valence-electron chi connectivity index (χ1n) is 8.37. The van der Waals surface area contributed by atoms with Crippen molar-refractivity contribution in [3.63, 3.8) is 0 Å². The fourth-order valence-corrected chi connectivity index (χ4v) is 3.41. The Morgan fingerprint density at radius 2 is 2.17 bits per heavy atom. The largest absolute Gasteiger partial charge is 0.396 e. The van der Waals surface area contributed by atoms with E-state index in [4.69, 9.17) is 4.98 Å². The normalized spacial score (nSPS) is 18.4. The molecule has 6 nitrogen and oxygen atoms in total. The highest BCUT2D eigenvalue weighted by Crippen LogP contribution is 2.27. The van der Waals surface area contributed by atoms with Gasteiger partial charge in [0.05, 0.1) is 11.4 Å². The van der Waals surface area contributed by atoms with E-state index < -0.39 is 0 Å². The van der Waals surface area contributed by atoms with Crippen molar-refractivity contribution in [2.45, 2.75) is 40.2 Å². The third-order valence-electron chi connectivity index (χ3n) is 4.64. The molecule has 0 aliphatic carbocycles. The number of aliphatic hydroxyl groups excluding tert-OH is 1. The lowest BCUT2D eigenvalue weighted by atomic mass is 9.99. The van der Waals surface area contributed by atoms with Gasteiger partial charge in [0.25, 0.3) is 0 Å². The molecule has 3 rings (SSSR count). The monoisotopic (exact) mass is 315 g/mol. The predicted octanol–water partition coefficient (Wildman–Crippen LogP) is 2.19. The van der Waals surface area contributed by atoms with E-state index in [0.717, 1.165) is 61.1 Å². The number of aliphatic hydroxyl groups is 1. The molecular formula is C17H25N5O. The Morgan fingerprint density at radius 1 is 1.35 bits per heavy atom. The van der Waals surface area contributed by atoms with Crippen molar-refractivity contribution in [1.29, 1.82) is 0 Å². The minimum atomic E-state index is 0.234. The Balaban J connectivity index is 1.93. The van der Waals surface area contributed by atoms with Gasteiger partial charge in [0.2, 0.25) is 5.95 Å². The molecule has 1 atom stereocenters. The van der Waals surface area contributed by atoms with E-state index in [0.29, 0.717) is 5.92 Å². The minimum Gasteiger partial charge on any atom is -0.396 e. The van der Waals surface area contributed by atoms with Crippen LogP contribution in [-0.2, 0) is 6.54 Å². The van der Waals surface area contributed by atoms with Crippen LogP contribution in [0.3, 0.4) is 0 Å².